The van der Waals surface area contributed by atoms with E-state index in [4.69, 9.17) is 4.74 Å². The van der Waals surface area contributed by atoms with E-state index in [-0.39, 0.29) is 66.8 Å². The molecule has 5 atom stereocenters. The number of β-lactam (4-membered cyclic amide) rings is 1. The van der Waals surface area contributed by atoms with Gasteiger partial charge in [-0.1, -0.05) is 6.92 Å². The maximum atomic E-state index is 11.7. The molecule has 1 spiro atoms. The molecule has 0 aromatic heterocycles. The molecule has 1 saturated heterocycles. The largest absolute Gasteiger partial charge is 0.644 e. The molecule has 1 aliphatic heterocycles. The van der Waals surface area contributed by atoms with Crippen molar-refractivity contribution in [2.75, 3.05) is 6.61 Å². The molecule has 1 saturated carbocycles. The van der Waals surface area contributed by atoms with Crippen molar-refractivity contribution < 1.29 is 83.4 Å². The summed E-state index contributed by atoms with van der Waals surface area (Å²) in [5.41, 5.74) is -1.50. The third-order valence-electron chi connectivity index (χ3n) is 3.45. The van der Waals surface area contributed by atoms with Crippen LogP contribution >= 0.6 is 0 Å². The van der Waals surface area contributed by atoms with E-state index in [0.29, 0.717) is 6.42 Å². The van der Waals surface area contributed by atoms with Gasteiger partial charge in [0.2, 0.25) is 0 Å². The summed E-state index contributed by atoms with van der Waals surface area (Å²) in [6.45, 7) is 2.07. The molecule has 7 nitrogen and oxygen atoms in total. The van der Waals surface area contributed by atoms with Crippen molar-refractivity contribution in [1.29, 1.82) is 0 Å². The van der Waals surface area contributed by atoms with Gasteiger partial charge in [0.25, 0.3) is 0 Å². The Kier molecular flexibility index (Phi) is 8.16. The van der Waals surface area contributed by atoms with Crippen molar-refractivity contribution in [2.24, 2.45) is 0 Å². The third kappa shape index (κ3) is 3.24. The number of Topliss-reactive ketones (excluding diaryl/α,β-unsaturated/α-hetero) is 1. The molecule has 20 heavy (non-hydrogen) atoms. The number of amides is 1. The molecule has 9 heteroatoms. The number of hydrogen-bond donors (Lipinski definition) is 3. The normalized spacial score (nSPS) is 39.4. The number of hydrogen-bond acceptors (Lipinski definition) is 6. The van der Waals surface area contributed by atoms with E-state index in [0.717, 1.165) is 0 Å². The Hall–Kier alpha value is 0.772. The Morgan fingerprint density at radius 1 is 1.30 bits per heavy atom. The van der Waals surface area contributed by atoms with Crippen molar-refractivity contribution in [2.45, 2.75) is 49.7 Å². The first kappa shape index (κ1) is 20.8. The van der Waals surface area contributed by atoms with Crippen molar-refractivity contribution in [3.05, 3.63) is 5.32 Å². The topological polar surface area (TPSA) is 118 Å². The molecule has 1 amide bonds. The number of aliphatic hydroxyl groups is 3. The summed E-state index contributed by atoms with van der Waals surface area (Å²) in [6, 6.07) is 0. The van der Waals surface area contributed by atoms with E-state index in [1.54, 1.807) is 0 Å². The molecule has 0 aromatic carbocycles. The summed E-state index contributed by atoms with van der Waals surface area (Å²) in [6.07, 6.45) is -5.47. The van der Waals surface area contributed by atoms with Gasteiger partial charge in [0.05, 0.1) is 18.1 Å². The summed E-state index contributed by atoms with van der Waals surface area (Å²) in [5.74, 6) is -1.24. The average molecular weight is 531 g/mol. The predicted molar refractivity (Wildman–Crippen MR) is 58.8 cm³/mol. The van der Waals surface area contributed by atoms with Crippen LogP contribution in [0.25, 0.3) is 5.32 Å². The van der Waals surface area contributed by atoms with E-state index in [2.05, 4.69) is 5.32 Å². The number of carbonyl (C=O) groups excluding carboxylic acids is 2. The molecule has 111 valence electrons. The zero-order valence-electron chi connectivity index (χ0n) is 10.9. The number of ketones is 1. The molecule has 1 heterocycles. The molecule has 3 N–H and O–H groups in total. The first-order valence-electron chi connectivity index (χ1n) is 5.89. The predicted octanol–water partition coefficient (Wildman–Crippen LogP) is -1.52. The summed E-state index contributed by atoms with van der Waals surface area (Å²) >= 11 is 0. The van der Waals surface area contributed by atoms with E-state index >= 15 is 0 Å². The van der Waals surface area contributed by atoms with Gasteiger partial charge in [0.1, 0.15) is 12.2 Å². The van der Waals surface area contributed by atoms with E-state index in [1.807, 2.05) is 6.92 Å². The van der Waals surface area contributed by atoms with Crippen LogP contribution in [-0.2, 0) is 68.1 Å². The van der Waals surface area contributed by atoms with Crippen LogP contribution in [0.2, 0.25) is 0 Å². The van der Waals surface area contributed by atoms with E-state index in [9.17, 15) is 24.9 Å². The van der Waals surface area contributed by atoms with Gasteiger partial charge in [0, 0.05) is 60.4 Å². The van der Waals surface area contributed by atoms with Crippen molar-refractivity contribution >= 4 is 11.7 Å². The second-order valence-corrected chi connectivity index (χ2v) is 4.70. The quantitative estimate of drug-likeness (QED) is 0.382. The minimum atomic E-state index is -1.69. The van der Waals surface area contributed by atoms with Gasteiger partial charge in [-0.15, -0.1) is 0 Å². The first-order chi connectivity index (χ1) is 8.44. The fourth-order valence-electron chi connectivity index (χ4n) is 2.41. The molecule has 2 fully saturated rings. The molecule has 0 aromatic rings. The second kappa shape index (κ2) is 7.86. The van der Waals surface area contributed by atoms with E-state index in [1.165, 1.54) is 0 Å². The third-order valence-corrected chi connectivity index (χ3v) is 3.45. The van der Waals surface area contributed by atoms with Gasteiger partial charge >= 0.3 is 0 Å². The molecule has 0 bridgehead atoms. The fourth-order valence-corrected chi connectivity index (χ4v) is 2.41. The minimum Gasteiger partial charge on any atom is -0.644 e. The van der Waals surface area contributed by atoms with Crippen molar-refractivity contribution in [3.63, 3.8) is 0 Å². The zero-order valence-corrected chi connectivity index (χ0v) is 16.7. The molecule has 1 unspecified atom stereocenters. The number of aliphatic hydroxyl groups excluding tert-OH is 3. The summed E-state index contributed by atoms with van der Waals surface area (Å²) in [7, 11) is 0. The minimum absolute atomic E-state index is 0. The van der Waals surface area contributed by atoms with Gasteiger partial charge < -0.3 is 30.2 Å². The Balaban J connectivity index is 0.00000180. The standard InChI is InChI=1S/C11H17NO6.W.Y/c1-2-3-18-8-6(14)7(15)9(16)11(10(8)17)4-5(13)12-11;;/h7-10,15-17H,2-4H2,1H3,(H,12,13);;/p-1/t7-,8-,9-,10-,11?;;/m1../s1. The molecular formula is C11H16NO6WY-. The van der Waals surface area contributed by atoms with Crippen LogP contribution in [0.4, 0.5) is 0 Å². The maximum Gasteiger partial charge on any atom is 0.195 e. The van der Waals surface area contributed by atoms with Gasteiger partial charge in [-0.25, -0.2) is 0 Å². The van der Waals surface area contributed by atoms with Crippen LogP contribution in [0.3, 0.4) is 0 Å². The fraction of sp³-hybridized carbons (Fsp3) is 0.818. The monoisotopic (exact) mass is 531 g/mol. The number of ether oxygens (including phenoxy) is 1. The summed E-state index contributed by atoms with van der Waals surface area (Å²) in [5, 5.41) is 33.1. The number of rotatable bonds is 3. The van der Waals surface area contributed by atoms with Gasteiger partial charge in [-0.3, -0.25) is 4.79 Å². The Labute approximate surface area is 156 Å². The summed E-state index contributed by atoms with van der Waals surface area (Å²) < 4.78 is 5.20. The van der Waals surface area contributed by atoms with Crippen LogP contribution in [0, 0.1) is 0 Å². The zero-order chi connectivity index (χ0) is 13.5. The molecule has 2 aliphatic rings. The molecular weight excluding hydrogens is 515 g/mol. The van der Waals surface area contributed by atoms with E-state index < -0.39 is 41.6 Å². The summed E-state index contributed by atoms with van der Waals surface area (Å²) in [4.78, 5) is 22.7. The van der Waals surface area contributed by atoms with Gasteiger partial charge in [-0.05, 0) is 18.4 Å². The van der Waals surface area contributed by atoms with Crippen LogP contribution in [0.1, 0.15) is 19.8 Å². The van der Waals surface area contributed by atoms with Crippen molar-refractivity contribution in [1.82, 2.24) is 0 Å². The Morgan fingerprint density at radius 3 is 2.30 bits per heavy atom. The van der Waals surface area contributed by atoms with Gasteiger partial charge in [-0.2, -0.15) is 0 Å². The average Bonchev–Trinajstić information content (AvgIpc) is 2.31. The SMILES string of the molecule is CCCO[C@@H]1C(=O)[C@@H](O)[C@@H](O)C2(CC(=O)[N-]2)[C@@H]1O.[W].[Y]. The smallest absolute Gasteiger partial charge is 0.195 e. The van der Waals surface area contributed by atoms with Crippen LogP contribution in [0.15, 0.2) is 0 Å². The molecule has 1 aliphatic carbocycles. The Morgan fingerprint density at radius 2 is 1.85 bits per heavy atom. The molecule has 2 rings (SSSR count). The maximum absolute atomic E-state index is 11.7. The van der Waals surface area contributed by atoms with Gasteiger partial charge in [0.15, 0.2) is 5.78 Å². The van der Waals surface area contributed by atoms with Crippen molar-refractivity contribution in [3.8, 4) is 0 Å². The van der Waals surface area contributed by atoms with Crippen LogP contribution in [-0.4, -0.2) is 63.6 Å². The number of nitrogens with zero attached hydrogens (tertiary/aromatic N) is 1. The molecule has 1 radical (unpaired) electrons. The van der Waals surface area contributed by atoms with Crippen LogP contribution in [0.5, 0.6) is 0 Å². The second-order valence-electron chi connectivity index (χ2n) is 4.70. The van der Waals surface area contributed by atoms with Crippen LogP contribution < -0.4 is 0 Å². The first-order valence-corrected chi connectivity index (χ1v) is 5.89. The number of carbonyl (C=O) groups is 2. The Bertz CT molecular complexity index is 374.